The molecular weight excluding hydrogens is 960 g/mol. The number of nitrogens with one attached hydrogen (secondary N) is 1. The van der Waals surface area contributed by atoms with Gasteiger partial charge in [-0.1, -0.05) is 143 Å². The molecule has 0 amide bonds. The first kappa shape index (κ1) is 46.7. The molecule has 0 atom stereocenters. The van der Waals surface area contributed by atoms with Crippen molar-refractivity contribution in [2.24, 2.45) is 0 Å². The van der Waals surface area contributed by atoms with Crippen molar-refractivity contribution in [3.8, 4) is 27.9 Å². The van der Waals surface area contributed by atoms with Gasteiger partial charge in [-0.2, -0.15) is 0 Å². The van der Waals surface area contributed by atoms with Crippen LogP contribution in [0.3, 0.4) is 0 Å². The van der Waals surface area contributed by atoms with Crippen LogP contribution < -0.4 is 16.4 Å². The zero-order chi connectivity index (χ0) is 52.2. The lowest BCUT2D eigenvalue weighted by atomic mass is 9.61. The van der Waals surface area contributed by atoms with Gasteiger partial charge in [0.05, 0.1) is 22.4 Å². The minimum absolute atomic E-state index is 0.0310. The van der Waals surface area contributed by atoms with Crippen molar-refractivity contribution in [3.05, 3.63) is 161 Å². The van der Waals surface area contributed by atoms with Gasteiger partial charge in [0.15, 0.2) is 0 Å². The summed E-state index contributed by atoms with van der Waals surface area (Å²) in [6.45, 7) is 26.6. The van der Waals surface area contributed by atoms with Gasteiger partial charge >= 0.3 is 0 Å². The number of benzene rings is 8. The van der Waals surface area contributed by atoms with Crippen molar-refractivity contribution < 1.29 is 4.42 Å². The second-order valence-corrected chi connectivity index (χ2v) is 28.8. The predicted octanol–water partition coefficient (Wildman–Crippen LogP) is 19.0. The van der Waals surface area contributed by atoms with E-state index in [1.165, 1.54) is 136 Å². The molecule has 0 unspecified atom stereocenters. The fraction of sp³-hybridized carbons (Fsp3) is 0.286. The smallest absolute Gasteiger partial charge is 0.244 e. The number of aromatic nitrogens is 1. The third-order valence-electron chi connectivity index (χ3n) is 18.9. The number of furan rings is 1. The number of anilines is 2. The number of fused-ring (bicyclic) bond motifs is 16. The number of hydrogen-bond acceptors (Lipinski definition) is 4. The molecule has 76 heavy (non-hydrogen) atoms. The maximum atomic E-state index is 7.27. The van der Waals surface area contributed by atoms with E-state index in [0.717, 1.165) is 40.8 Å². The number of rotatable bonds is 4. The lowest BCUT2D eigenvalue weighted by Crippen LogP contribution is -2.36. The third kappa shape index (κ3) is 6.65. The highest BCUT2D eigenvalue weighted by atomic mass is 32.1. The van der Waals surface area contributed by atoms with E-state index in [-0.39, 0.29) is 27.1 Å². The molecule has 0 saturated carbocycles. The van der Waals surface area contributed by atoms with E-state index in [1.807, 2.05) is 22.7 Å². The molecule has 1 aliphatic heterocycles. The average molecular weight is 1030 g/mol. The summed E-state index contributed by atoms with van der Waals surface area (Å²) in [5, 5.41) is 13.4. The van der Waals surface area contributed by atoms with Crippen molar-refractivity contribution >= 4 is 126 Å². The molecule has 0 radical (unpaired) electrons. The molecule has 15 rings (SSSR count). The van der Waals surface area contributed by atoms with E-state index in [1.54, 1.807) is 0 Å². The van der Waals surface area contributed by atoms with Gasteiger partial charge in [-0.3, -0.25) is 0 Å². The summed E-state index contributed by atoms with van der Waals surface area (Å²) in [6, 6.07) is 51.6. The quantitative estimate of drug-likeness (QED) is 0.178. The first-order chi connectivity index (χ1) is 36.2. The Balaban J connectivity index is 1.10. The topological polar surface area (TPSA) is 30.1 Å². The largest absolute Gasteiger partial charge is 0.469 e. The molecule has 12 aromatic rings. The Morgan fingerprint density at radius 3 is 1.86 bits per heavy atom. The first-order valence-corrected chi connectivity index (χ1v) is 29.4. The molecule has 3 nitrogen and oxygen atoms in total. The van der Waals surface area contributed by atoms with Crippen LogP contribution in [0.2, 0.25) is 0 Å². The fourth-order valence-corrected chi connectivity index (χ4v) is 16.6. The summed E-state index contributed by atoms with van der Waals surface area (Å²) in [5.41, 5.74) is 21.9. The van der Waals surface area contributed by atoms with E-state index in [4.69, 9.17) is 4.42 Å². The van der Waals surface area contributed by atoms with Crippen LogP contribution in [0.25, 0.3) is 101 Å². The maximum Gasteiger partial charge on any atom is 0.244 e. The van der Waals surface area contributed by atoms with Gasteiger partial charge in [-0.05, 0) is 169 Å². The van der Waals surface area contributed by atoms with Crippen LogP contribution in [0.15, 0.2) is 138 Å². The van der Waals surface area contributed by atoms with Gasteiger partial charge in [-0.15, -0.1) is 22.7 Å². The number of hydrogen-bond donors (Lipinski definition) is 1. The van der Waals surface area contributed by atoms with Gasteiger partial charge < -0.3 is 14.3 Å². The highest BCUT2D eigenvalue weighted by Crippen LogP contribution is 2.55. The van der Waals surface area contributed by atoms with Crippen molar-refractivity contribution in [2.75, 3.05) is 5.32 Å². The molecule has 1 N–H and O–H groups in total. The fourth-order valence-electron chi connectivity index (χ4n) is 14.2. The summed E-state index contributed by atoms with van der Waals surface area (Å²) in [4.78, 5) is 0. The molecule has 0 bridgehead atoms. The standard InChI is InChI=1S/C70H65BN2OS2/c1-66(2,3)40-22-24-41(25-23-40)72-52-34-44-43-32-48-51(70(10,11)30-28-67(48,4)5)37-57(43)75-56(44)35-45(52)58-59-42-19-15-16-20-55(42)76-64(59)60-46-33-49-50(69(8,9)29-27-68(49,6)7)36-53(46)73-62-47-31-39(38-17-13-12-14-18-38)21-26-54(47)74-65(62)71-61(58)63(60)73/h12-26,31-37,71-72H,27-30H2,1-11H3. The Labute approximate surface area is 455 Å². The third-order valence-corrected chi connectivity index (χ3v) is 21.2. The Morgan fingerprint density at radius 1 is 0.539 bits per heavy atom. The average Bonchev–Trinajstić information content (AvgIpc) is 4.24. The van der Waals surface area contributed by atoms with Crippen molar-refractivity contribution in [1.82, 2.24) is 4.57 Å². The maximum absolute atomic E-state index is 7.27. The SMILES string of the molecule is CC(C)(C)c1ccc(Nc2cc3c(cc2-c2c4c5c(c6cc7c(cc6n5-c5c(oc6ccc(-c8ccccc8)cc56)B4)C(C)(C)CCC7(C)C)c4sc5ccccc5c24)sc2cc4c(cc23)C(C)(C)CCC4(C)C)cc1. The summed E-state index contributed by atoms with van der Waals surface area (Å²) in [7, 11) is 0.671. The lowest BCUT2D eigenvalue weighted by Gasteiger charge is -2.42. The molecule has 5 heterocycles. The van der Waals surface area contributed by atoms with Gasteiger partial charge in [-0.25, -0.2) is 0 Å². The Kier molecular flexibility index (Phi) is 9.55. The monoisotopic (exact) mass is 1020 g/mol. The van der Waals surface area contributed by atoms with Crippen molar-refractivity contribution in [3.63, 3.8) is 0 Å². The summed E-state index contributed by atoms with van der Waals surface area (Å²) >= 11 is 3.94. The summed E-state index contributed by atoms with van der Waals surface area (Å²) in [5.74, 6) is 0. The van der Waals surface area contributed by atoms with Gasteiger partial charge in [0.1, 0.15) is 5.58 Å². The van der Waals surface area contributed by atoms with Crippen LogP contribution in [0.4, 0.5) is 11.4 Å². The minimum Gasteiger partial charge on any atom is -0.469 e. The minimum atomic E-state index is 0.0310. The second kappa shape index (κ2) is 15.5. The normalized spacial score (nSPS) is 17.2. The highest BCUT2D eigenvalue weighted by Gasteiger charge is 2.41. The summed E-state index contributed by atoms with van der Waals surface area (Å²) < 4.78 is 15.3. The van der Waals surface area contributed by atoms with Crippen LogP contribution in [0, 0.1) is 0 Å². The highest BCUT2D eigenvalue weighted by molar-refractivity contribution is 7.27. The van der Waals surface area contributed by atoms with Gasteiger partial charge in [0.25, 0.3) is 0 Å². The molecule has 4 aromatic heterocycles. The Bertz CT molecular complexity index is 4490. The molecule has 8 aromatic carbocycles. The number of thiophene rings is 2. The Morgan fingerprint density at radius 2 is 1.16 bits per heavy atom. The van der Waals surface area contributed by atoms with E-state index < -0.39 is 0 Å². The first-order valence-electron chi connectivity index (χ1n) is 27.8. The van der Waals surface area contributed by atoms with Crippen LogP contribution in [0.1, 0.15) is 130 Å². The van der Waals surface area contributed by atoms with Crippen molar-refractivity contribution in [2.45, 2.75) is 129 Å². The summed E-state index contributed by atoms with van der Waals surface area (Å²) in [6.07, 6.45) is 4.70. The molecule has 0 fully saturated rings. The van der Waals surface area contributed by atoms with Crippen molar-refractivity contribution in [1.29, 1.82) is 0 Å². The zero-order valence-corrected chi connectivity index (χ0v) is 47.5. The van der Waals surface area contributed by atoms with E-state index >= 15 is 0 Å². The van der Waals surface area contributed by atoms with Crippen LogP contribution >= 0.6 is 22.7 Å². The molecule has 0 saturated heterocycles. The van der Waals surface area contributed by atoms with Gasteiger partial charge in [0.2, 0.25) is 7.28 Å². The molecule has 3 aliphatic rings. The molecule has 376 valence electrons. The van der Waals surface area contributed by atoms with Gasteiger partial charge in [0, 0.05) is 73.4 Å². The predicted molar refractivity (Wildman–Crippen MR) is 333 cm³/mol. The molecule has 0 spiro atoms. The molecular formula is C70H65BN2OS2. The zero-order valence-electron chi connectivity index (χ0n) is 45.9. The van der Waals surface area contributed by atoms with E-state index in [9.17, 15) is 0 Å². The molecule has 2 aliphatic carbocycles. The Hall–Kier alpha value is -6.60. The van der Waals surface area contributed by atoms with Crippen LogP contribution in [-0.4, -0.2) is 11.8 Å². The number of nitrogens with zero attached hydrogens (tertiary/aromatic N) is 1. The van der Waals surface area contributed by atoms with Crippen LogP contribution in [-0.2, 0) is 27.1 Å². The van der Waals surface area contributed by atoms with Crippen LogP contribution in [0.5, 0.6) is 0 Å². The van der Waals surface area contributed by atoms with E-state index in [2.05, 4.69) is 220 Å². The van der Waals surface area contributed by atoms with E-state index in [0.29, 0.717) is 7.28 Å². The second-order valence-electron chi connectivity index (χ2n) is 26.6. The molecule has 6 heteroatoms. The lowest BCUT2D eigenvalue weighted by molar-refractivity contribution is 0.332.